The molecule has 1 heterocycles. The zero-order valence-corrected chi connectivity index (χ0v) is 10.7. The Kier molecular flexibility index (Phi) is 5.79. The molecule has 0 saturated carbocycles. The van der Waals surface area contributed by atoms with Gasteiger partial charge in [-0.2, -0.15) is 16.9 Å². The van der Waals surface area contributed by atoms with E-state index in [2.05, 4.69) is 36.6 Å². The first kappa shape index (κ1) is 12.6. The van der Waals surface area contributed by atoms with Crippen LogP contribution in [-0.4, -0.2) is 28.3 Å². The van der Waals surface area contributed by atoms with Crippen molar-refractivity contribution in [1.29, 1.82) is 0 Å². The highest BCUT2D eigenvalue weighted by atomic mass is 32.2. The number of rotatable bonds is 7. The summed E-state index contributed by atoms with van der Waals surface area (Å²) >= 11 is 1.90. The number of hydrogen-bond acceptors (Lipinski definition) is 3. The van der Waals surface area contributed by atoms with Crippen LogP contribution in [-0.2, 0) is 6.54 Å². The predicted octanol–water partition coefficient (Wildman–Crippen LogP) is 2.31. The molecule has 0 radical (unpaired) electrons. The smallest absolute Gasteiger partial charge is 0.0762 e. The third-order valence-corrected chi connectivity index (χ3v) is 2.90. The molecule has 3 nitrogen and oxygen atoms in total. The predicted molar refractivity (Wildman–Crippen MR) is 67.3 cm³/mol. The maximum Gasteiger partial charge on any atom is 0.0762 e. The van der Waals surface area contributed by atoms with Crippen LogP contribution in [0.25, 0.3) is 0 Å². The maximum absolute atomic E-state index is 4.48. The first-order valence-electron chi connectivity index (χ1n) is 5.47. The Hall–Kier alpha value is -0.480. The zero-order chi connectivity index (χ0) is 11.1. The quantitative estimate of drug-likeness (QED) is 0.725. The highest BCUT2D eigenvalue weighted by molar-refractivity contribution is 7.98. The van der Waals surface area contributed by atoms with Crippen molar-refractivity contribution in [3.63, 3.8) is 0 Å². The Morgan fingerprint density at radius 3 is 2.93 bits per heavy atom. The SMILES string of the molecule is CSCCCNCc1ccn(C(C)C)n1. The number of hydrogen-bond donors (Lipinski definition) is 1. The van der Waals surface area contributed by atoms with Crippen LogP contribution in [0.2, 0.25) is 0 Å². The van der Waals surface area contributed by atoms with Crippen LogP contribution in [0.3, 0.4) is 0 Å². The van der Waals surface area contributed by atoms with E-state index in [1.54, 1.807) is 0 Å². The molecule has 1 rings (SSSR count). The Labute approximate surface area is 96.6 Å². The van der Waals surface area contributed by atoms with Crippen molar-refractivity contribution in [3.05, 3.63) is 18.0 Å². The van der Waals surface area contributed by atoms with Crippen LogP contribution in [0.1, 0.15) is 32.0 Å². The molecule has 0 atom stereocenters. The molecule has 0 aromatic carbocycles. The van der Waals surface area contributed by atoms with Gasteiger partial charge in [0.15, 0.2) is 0 Å². The molecule has 0 spiro atoms. The van der Waals surface area contributed by atoms with Gasteiger partial charge in [-0.15, -0.1) is 0 Å². The van der Waals surface area contributed by atoms with Gasteiger partial charge in [0.1, 0.15) is 0 Å². The van der Waals surface area contributed by atoms with Gasteiger partial charge in [0.25, 0.3) is 0 Å². The first-order valence-corrected chi connectivity index (χ1v) is 6.87. The van der Waals surface area contributed by atoms with E-state index in [0.717, 1.165) is 18.8 Å². The monoisotopic (exact) mass is 227 g/mol. The molecule has 0 unspecified atom stereocenters. The summed E-state index contributed by atoms with van der Waals surface area (Å²) in [6, 6.07) is 2.54. The summed E-state index contributed by atoms with van der Waals surface area (Å²) in [4.78, 5) is 0. The first-order chi connectivity index (χ1) is 7.24. The van der Waals surface area contributed by atoms with Gasteiger partial charge in [-0.25, -0.2) is 0 Å². The molecule has 0 aliphatic heterocycles. The maximum atomic E-state index is 4.48. The van der Waals surface area contributed by atoms with Gasteiger partial charge in [0.05, 0.1) is 5.69 Å². The summed E-state index contributed by atoms with van der Waals surface area (Å²) < 4.78 is 2.00. The highest BCUT2D eigenvalue weighted by Gasteiger charge is 2.00. The van der Waals surface area contributed by atoms with Gasteiger partial charge in [-0.1, -0.05) is 0 Å². The van der Waals surface area contributed by atoms with E-state index in [9.17, 15) is 0 Å². The van der Waals surface area contributed by atoms with E-state index in [-0.39, 0.29) is 0 Å². The number of thioether (sulfide) groups is 1. The van der Waals surface area contributed by atoms with Crippen LogP contribution in [0.4, 0.5) is 0 Å². The third kappa shape index (κ3) is 4.71. The largest absolute Gasteiger partial charge is 0.311 e. The second-order valence-electron chi connectivity index (χ2n) is 3.90. The summed E-state index contributed by atoms with van der Waals surface area (Å²) in [7, 11) is 0. The number of aromatic nitrogens is 2. The fraction of sp³-hybridized carbons (Fsp3) is 0.727. The van der Waals surface area contributed by atoms with E-state index < -0.39 is 0 Å². The van der Waals surface area contributed by atoms with Gasteiger partial charge in [0, 0.05) is 18.8 Å². The van der Waals surface area contributed by atoms with Gasteiger partial charge < -0.3 is 5.32 Å². The van der Waals surface area contributed by atoms with Crippen molar-refractivity contribution in [2.45, 2.75) is 32.9 Å². The fourth-order valence-electron chi connectivity index (χ4n) is 1.32. The average Bonchev–Trinajstić information content (AvgIpc) is 2.66. The molecule has 0 aliphatic carbocycles. The molecule has 4 heteroatoms. The molecular weight excluding hydrogens is 206 g/mol. The van der Waals surface area contributed by atoms with Crippen LogP contribution >= 0.6 is 11.8 Å². The standard InChI is InChI=1S/C11H21N3S/c1-10(2)14-7-5-11(13-14)9-12-6-4-8-15-3/h5,7,10,12H,4,6,8-9H2,1-3H3. The Bertz CT molecular complexity index is 271. The van der Waals surface area contributed by atoms with Gasteiger partial charge in [-0.05, 0) is 44.9 Å². The van der Waals surface area contributed by atoms with Crippen LogP contribution in [0.15, 0.2) is 12.3 Å². The van der Waals surface area contributed by atoms with Crippen LogP contribution in [0.5, 0.6) is 0 Å². The molecule has 1 aromatic heterocycles. The van der Waals surface area contributed by atoms with Crippen LogP contribution in [0, 0.1) is 0 Å². The lowest BCUT2D eigenvalue weighted by molar-refractivity contribution is 0.521. The second kappa shape index (κ2) is 6.90. The lowest BCUT2D eigenvalue weighted by Crippen LogP contribution is -2.16. The lowest BCUT2D eigenvalue weighted by atomic mass is 10.4. The van der Waals surface area contributed by atoms with Gasteiger partial charge >= 0.3 is 0 Å². The van der Waals surface area contributed by atoms with Crippen molar-refractivity contribution >= 4 is 11.8 Å². The molecule has 0 fully saturated rings. The van der Waals surface area contributed by atoms with E-state index in [1.807, 2.05) is 22.6 Å². The molecular formula is C11H21N3S. The molecule has 0 amide bonds. The summed E-state index contributed by atoms with van der Waals surface area (Å²) in [6.45, 7) is 6.24. The number of nitrogens with zero attached hydrogens (tertiary/aromatic N) is 2. The van der Waals surface area contributed by atoms with E-state index in [1.165, 1.54) is 12.2 Å². The van der Waals surface area contributed by atoms with Crippen LogP contribution < -0.4 is 5.32 Å². The minimum Gasteiger partial charge on any atom is -0.311 e. The molecule has 0 saturated heterocycles. The van der Waals surface area contributed by atoms with Gasteiger partial charge in [0.2, 0.25) is 0 Å². The van der Waals surface area contributed by atoms with E-state index >= 15 is 0 Å². The van der Waals surface area contributed by atoms with Crippen molar-refractivity contribution in [3.8, 4) is 0 Å². The van der Waals surface area contributed by atoms with Crippen molar-refractivity contribution < 1.29 is 0 Å². The summed E-state index contributed by atoms with van der Waals surface area (Å²) in [5.41, 5.74) is 1.13. The normalized spacial score (nSPS) is 11.2. The average molecular weight is 227 g/mol. The molecule has 15 heavy (non-hydrogen) atoms. The Morgan fingerprint density at radius 2 is 2.33 bits per heavy atom. The molecule has 86 valence electrons. The summed E-state index contributed by atoms with van der Waals surface area (Å²) in [5, 5.41) is 7.88. The van der Waals surface area contributed by atoms with E-state index in [0.29, 0.717) is 6.04 Å². The molecule has 0 bridgehead atoms. The minimum atomic E-state index is 0.454. The summed E-state index contributed by atoms with van der Waals surface area (Å²) in [6.07, 6.45) is 5.42. The summed E-state index contributed by atoms with van der Waals surface area (Å²) in [5.74, 6) is 1.23. The van der Waals surface area contributed by atoms with Crippen molar-refractivity contribution in [2.24, 2.45) is 0 Å². The fourth-order valence-corrected chi connectivity index (χ4v) is 1.75. The Balaban J connectivity index is 2.20. The molecule has 1 N–H and O–H groups in total. The lowest BCUT2D eigenvalue weighted by Gasteiger charge is -2.04. The number of nitrogens with one attached hydrogen (secondary N) is 1. The minimum absolute atomic E-state index is 0.454. The van der Waals surface area contributed by atoms with Crippen molar-refractivity contribution in [2.75, 3.05) is 18.6 Å². The zero-order valence-electron chi connectivity index (χ0n) is 9.86. The molecule has 1 aromatic rings. The van der Waals surface area contributed by atoms with E-state index in [4.69, 9.17) is 0 Å². The Morgan fingerprint density at radius 1 is 1.53 bits per heavy atom. The molecule has 0 aliphatic rings. The topological polar surface area (TPSA) is 29.9 Å². The van der Waals surface area contributed by atoms with Gasteiger partial charge in [-0.3, -0.25) is 4.68 Å². The third-order valence-electron chi connectivity index (χ3n) is 2.20. The second-order valence-corrected chi connectivity index (χ2v) is 4.89. The van der Waals surface area contributed by atoms with Crippen molar-refractivity contribution in [1.82, 2.24) is 15.1 Å². The highest BCUT2D eigenvalue weighted by Crippen LogP contribution is 2.03.